The maximum absolute atomic E-state index is 5.69. The van der Waals surface area contributed by atoms with E-state index in [1.165, 1.54) is 49.8 Å². The van der Waals surface area contributed by atoms with E-state index in [-0.39, 0.29) is 10.8 Å². The van der Waals surface area contributed by atoms with Gasteiger partial charge in [0.2, 0.25) is 0 Å². The minimum absolute atomic E-state index is 0.00970. The zero-order chi connectivity index (χ0) is 38.9. The molecule has 57 heavy (non-hydrogen) atoms. The van der Waals surface area contributed by atoms with Crippen LogP contribution in [-0.2, 0) is 5.41 Å². The van der Waals surface area contributed by atoms with Crippen molar-refractivity contribution in [1.82, 2.24) is 9.97 Å². The third-order valence-electron chi connectivity index (χ3n) is 13.1. The number of hydrogen-bond donors (Lipinski definition) is 0. The zero-order valence-corrected chi connectivity index (χ0v) is 34.0. The van der Waals surface area contributed by atoms with Crippen LogP contribution in [0.25, 0.3) is 31.9 Å². The first-order valence-corrected chi connectivity index (χ1v) is 20.9. The summed E-state index contributed by atoms with van der Waals surface area (Å²) in [5, 5.41) is 0. The van der Waals surface area contributed by atoms with Gasteiger partial charge >= 0.3 is 0 Å². The van der Waals surface area contributed by atoms with Crippen LogP contribution in [0.2, 0.25) is 0 Å². The molecule has 2 bridgehead atoms. The molecule has 2 heterocycles. The lowest BCUT2D eigenvalue weighted by Gasteiger charge is -2.34. The minimum atomic E-state index is 0.00970. The first-order valence-electron chi connectivity index (χ1n) is 20.1. The summed E-state index contributed by atoms with van der Waals surface area (Å²) in [6.45, 7) is 11.8. The summed E-state index contributed by atoms with van der Waals surface area (Å²) in [6, 6.07) is 56.4. The third kappa shape index (κ3) is 5.62. The van der Waals surface area contributed by atoms with E-state index < -0.39 is 0 Å². The summed E-state index contributed by atoms with van der Waals surface area (Å²) in [5.74, 6) is 0.420. The Morgan fingerprint density at radius 2 is 0.930 bits per heavy atom. The monoisotopic (exact) mass is 758 g/mol. The second-order valence-corrected chi connectivity index (χ2v) is 17.6. The van der Waals surface area contributed by atoms with E-state index in [1.807, 2.05) is 11.3 Å². The van der Waals surface area contributed by atoms with Gasteiger partial charge in [0.25, 0.3) is 0 Å². The second kappa shape index (κ2) is 13.6. The first-order chi connectivity index (χ1) is 27.7. The number of fused-ring (bicyclic) bond motifs is 6. The Balaban J connectivity index is 1.13. The molecule has 1 fully saturated rings. The summed E-state index contributed by atoms with van der Waals surface area (Å²) >= 11 is 1.83. The Kier molecular flexibility index (Phi) is 8.42. The van der Waals surface area contributed by atoms with Gasteiger partial charge in [-0.05, 0) is 127 Å². The summed E-state index contributed by atoms with van der Waals surface area (Å²) < 4.78 is 0. The highest BCUT2D eigenvalue weighted by Crippen LogP contribution is 2.67. The second-order valence-electron chi connectivity index (χ2n) is 16.6. The van der Waals surface area contributed by atoms with Crippen LogP contribution < -0.4 is 9.80 Å². The Hall–Kier alpha value is -6.04. The molecule has 1 saturated carbocycles. The standard InChI is InChI=1S/C52H46N4S/c1-34-32-36(26-28-43(34)55(38-18-10-6-11-19-38)39-20-12-7-13-21-39)48-46-47(54-50-45(53-46)42-30-31-52(50,5)51(42,3)4)49(57-48)37-27-29-44(35(2)33-37)56(40-22-14-8-15-23-40)41-24-16-9-17-25-41/h6-29,32-33,42H,30-31H2,1-5H3. The van der Waals surface area contributed by atoms with Crippen molar-refractivity contribution in [3.8, 4) is 20.9 Å². The van der Waals surface area contributed by atoms with E-state index in [9.17, 15) is 0 Å². The predicted octanol–water partition coefficient (Wildman–Crippen LogP) is 14.8. The number of hydrogen-bond acceptors (Lipinski definition) is 5. The molecule has 0 N–H and O–H groups in total. The molecule has 0 aliphatic heterocycles. The molecule has 6 aromatic carbocycles. The summed E-state index contributed by atoms with van der Waals surface area (Å²) in [5.41, 5.74) is 16.2. The van der Waals surface area contributed by atoms with Crippen molar-refractivity contribution in [2.45, 2.75) is 58.8 Å². The van der Waals surface area contributed by atoms with Crippen molar-refractivity contribution in [3.63, 3.8) is 0 Å². The summed E-state index contributed by atoms with van der Waals surface area (Å²) in [6.07, 6.45) is 2.33. The van der Waals surface area contributed by atoms with E-state index in [0.29, 0.717) is 5.92 Å². The molecule has 2 aliphatic carbocycles. The van der Waals surface area contributed by atoms with Crippen molar-refractivity contribution in [2.24, 2.45) is 5.41 Å². The Morgan fingerprint density at radius 1 is 0.526 bits per heavy atom. The molecule has 0 saturated heterocycles. The van der Waals surface area contributed by atoms with Crippen molar-refractivity contribution in [3.05, 3.63) is 180 Å². The van der Waals surface area contributed by atoms with Crippen LogP contribution in [0.15, 0.2) is 158 Å². The van der Waals surface area contributed by atoms with Crippen LogP contribution in [0.4, 0.5) is 34.1 Å². The largest absolute Gasteiger partial charge is 0.310 e. The van der Waals surface area contributed by atoms with Gasteiger partial charge in [0.15, 0.2) is 0 Å². The fourth-order valence-corrected chi connectivity index (χ4v) is 10.8. The SMILES string of the molecule is Cc1cc(-c2sc(-c3ccc(N(c4ccccc4)c4ccccc4)c(C)c3)c3nc4c(nc23)C2CCC4(C)C2(C)C)ccc1N(c1ccccc1)c1ccccc1. The molecular formula is C52H46N4S. The number of aromatic nitrogens is 2. The van der Waals surface area contributed by atoms with Gasteiger partial charge in [-0.15, -0.1) is 11.3 Å². The molecule has 2 aliphatic rings. The number of thiophene rings is 1. The molecule has 0 amide bonds. The van der Waals surface area contributed by atoms with E-state index in [4.69, 9.17) is 9.97 Å². The molecule has 10 rings (SSSR count). The number of rotatable bonds is 8. The average Bonchev–Trinajstić information content (AvgIpc) is 3.78. The van der Waals surface area contributed by atoms with Crippen LogP contribution >= 0.6 is 11.3 Å². The number of benzene rings is 6. The summed E-state index contributed by atoms with van der Waals surface area (Å²) in [4.78, 5) is 18.4. The zero-order valence-electron chi connectivity index (χ0n) is 33.2. The molecular weight excluding hydrogens is 713 g/mol. The highest BCUT2D eigenvalue weighted by atomic mass is 32.1. The van der Waals surface area contributed by atoms with Gasteiger partial charge in [0.05, 0.1) is 21.1 Å². The van der Waals surface area contributed by atoms with Gasteiger partial charge in [0, 0.05) is 45.5 Å². The quantitative estimate of drug-likeness (QED) is 0.154. The molecule has 280 valence electrons. The smallest absolute Gasteiger partial charge is 0.108 e. The topological polar surface area (TPSA) is 32.3 Å². The van der Waals surface area contributed by atoms with Gasteiger partial charge in [-0.3, -0.25) is 0 Å². The lowest BCUT2D eigenvalue weighted by molar-refractivity contribution is 0.227. The van der Waals surface area contributed by atoms with Crippen LogP contribution in [0, 0.1) is 19.3 Å². The van der Waals surface area contributed by atoms with Gasteiger partial charge in [-0.1, -0.05) is 106 Å². The number of aryl methyl sites for hydroxylation is 2. The fraction of sp³-hybridized carbons (Fsp3) is 0.192. The lowest BCUT2D eigenvalue weighted by Crippen LogP contribution is -2.31. The molecule has 8 aromatic rings. The molecule has 2 aromatic heterocycles. The van der Waals surface area contributed by atoms with Gasteiger partial charge < -0.3 is 9.80 Å². The molecule has 2 unspecified atom stereocenters. The van der Waals surface area contributed by atoms with Crippen LogP contribution in [0.3, 0.4) is 0 Å². The molecule has 5 heteroatoms. The number of nitrogens with zero attached hydrogens (tertiary/aromatic N) is 4. The lowest BCUT2D eigenvalue weighted by atomic mass is 9.70. The third-order valence-corrected chi connectivity index (χ3v) is 14.4. The highest BCUT2D eigenvalue weighted by molar-refractivity contribution is 7.20. The van der Waals surface area contributed by atoms with Crippen molar-refractivity contribution >= 4 is 56.5 Å². The minimum Gasteiger partial charge on any atom is -0.310 e. The van der Waals surface area contributed by atoms with Gasteiger partial charge in [0.1, 0.15) is 11.0 Å². The average molecular weight is 759 g/mol. The highest BCUT2D eigenvalue weighted by Gasteiger charge is 2.61. The Labute approximate surface area is 340 Å². The number of anilines is 6. The summed E-state index contributed by atoms with van der Waals surface area (Å²) in [7, 11) is 0. The van der Waals surface area contributed by atoms with Gasteiger partial charge in [-0.2, -0.15) is 0 Å². The van der Waals surface area contributed by atoms with E-state index in [0.717, 1.165) is 51.6 Å². The van der Waals surface area contributed by atoms with Crippen molar-refractivity contribution in [1.29, 1.82) is 0 Å². The van der Waals surface area contributed by atoms with Gasteiger partial charge in [-0.25, -0.2) is 9.97 Å². The molecule has 0 spiro atoms. The van der Waals surface area contributed by atoms with E-state index in [2.05, 4.69) is 202 Å². The maximum atomic E-state index is 5.69. The Morgan fingerprint density at radius 3 is 1.33 bits per heavy atom. The van der Waals surface area contributed by atoms with E-state index in [1.54, 1.807) is 0 Å². The Bertz CT molecular complexity index is 2680. The first kappa shape index (κ1) is 35.4. The predicted molar refractivity (Wildman–Crippen MR) is 240 cm³/mol. The maximum Gasteiger partial charge on any atom is 0.108 e. The van der Waals surface area contributed by atoms with Crippen LogP contribution in [0.5, 0.6) is 0 Å². The fourth-order valence-electron chi connectivity index (χ4n) is 9.66. The van der Waals surface area contributed by atoms with Crippen molar-refractivity contribution in [2.75, 3.05) is 9.80 Å². The van der Waals surface area contributed by atoms with Crippen LogP contribution in [-0.4, -0.2) is 9.97 Å². The molecule has 4 nitrogen and oxygen atoms in total. The van der Waals surface area contributed by atoms with Crippen LogP contribution in [0.1, 0.15) is 62.0 Å². The normalized spacial score (nSPS) is 17.8. The number of para-hydroxylation sites is 4. The van der Waals surface area contributed by atoms with E-state index >= 15 is 0 Å². The van der Waals surface area contributed by atoms with Crippen molar-refractivity contribution < 1.29 is 0 Å². The molecule has 0 radical (unpaired) electrons. The molecule has 2 atom stereocenters.